The quantitative estimate of drug-likeness (QED) is 0.847. The Bertz CT molecular complexity index is 406. The first-order chi connectivity index (χ1) is 10.4. The topological polar surface area (TPSA) is 49.4 Å². The lowest BCUT2D eigenvalue weighted by Gasteiger charge is -2.30. The number of hydrogen-bond acceptors (Lipinski definition) is 3. The van der Waals surface area contributed by atoms with E-state index in [9.17, 15) is 9.59 Å². The van der Waals surface area contributed by atoms with Crippen molar-refractivity contribution in [1.29, 1.82) is 0 Å². The van der Waals surface area contributed by atoms with Gasteiger partial charge in [0.05, 0.1) is 12.1 Å². The molecule has 2 fully saturated rings. The van der Waals surface area contributed by atoms with Crippen LogP contribution in [0.3, 0.4) is 0 Å². The molecule has 23 heavy (non-hydrogen) atoms. The molecule has 1 amide bonds. The van der Waals surface area contributed by atoms with E-state index < -0.39 is 0 Å². The second-order valence-corrected chi connectivity index (χ2v) is 9.45. The summed E-state index contributed by atoms with van der Waals surface area (Å²) in [5.41, 5.74) is 0.136. The van der Waals surface area contributed by atoms with Gasteiger partial charge < -0.3 is 10.2 Å². The lowest BCUT2D eigenvalue weighted by atomic mass is 9.85. The molecule has 134 valence electrons. The molecule has 1 N–H and O–H groups in total. The molecule has 0 spiro atoms. The molecule has 2 rings (SSSR count). The molecular weight excluding hydrogens is 288 g/mol. The second-order valence-electron chi connectivity index (χ2n) is 9.45. The van der Waals surface area contributed by atoms with Crippen LogP contribution in [0.15, 0.2) is 0 Å². The molecule has 4 heteroatoms. The number of nitrogens with one attached hydrogen (secondary N) is 1. The molecule has 2 unspecified atom stereocenters. The van der Waals surface area contributed by atoms with Crippen LogP contribution in [-0.4, -0.2) is 41.8 Å². The van der Waals surface area contributed by atoms with Gasteiger partial charge in [0.2, 0.25) is 5.91 Å². The maximum absolute atomic E-state index is 12.4. The minimum absolute atomic E-state index is 0.0571. The van der Waals surface area contributed by atoms with Gasteiger partial charge in [-0.2, -0.15) is 0 Å². The lowest BCUT2D eigenvalue weighted by Crippen LogP contribution is -2.50. The summed E-state index contributed by atoms with van der Waals surface area (Å²) in [6.07, 6.45) is 3.74. The third-order valence-corrected chi connectivity index (χ3v) is 3.94. The van der Waals surface area contributed by atoms with Crippen molar-refractivity contribution >= 4 is 11.7 Å². The molecule has 2 saturated heterocycles. The molecule has 0 radical (unpaired) electrons. The molecule has 0 aromatic carbocycles. The molecule has 4 nitrogen and oxygen atoms in total. The first kappa shape index (κ1) is 20.1. The van der Waals surface area contributed by atoms with Crippen LogP contribution < -0.4 is 5.32 Å². The fraction of sp³-hybridized carbons (Fsp3) is 0.895. The maximum atomic E-state index is 12.4. The molecule has 0 saturated carbocycles. The number of nitrogens with zero attached hydrogens (tertiary/aromatic N) is 1. The lowest BCUT2D eigenvalue weighted by molar-refractivity contribution is -0.141. The van der Waals surface area contributed by atoms with Crippen LogP contribution in [0.5, 0.6) is 0 Å². The van der Waals surface area contributed by atoms with E-state index in [1.165, 1.54) is 0 Å². The van der Waals surface area contributed by atoms with E-state index in [1.54, 1.807) is 0 Å². The highest BCUT2D eigenvalue weighted by Crippen LogP contribution is 2.27. The zero-order chi connectivity index (χ0) is 17.8. The van der Waals surface area contributed by atoms with E-state index in [4.69, 9.17) is 0 Å². The van der Waals surface area contributed by atoms with Crippen LogP contribution in [0.25, 0.3) is 0 Å². The molecule has 2 aliphatic rings. The molecule has 2 atom stereocenters. The SMILES string of the molecule is CC(C)(C)C.CC(C)(C)C(=O)C1CCCN1C(=O)C1CCCN1. The molecule has 0 aromatic rings. The molecule has 0 aromatic heterocycles. The zero-order valence-electron chi connectivity index (χ0n) is 16.2. The van der Waals surface area contributed by atoms with Gasteiger partial charge in [0.15, 0.2) is 5.78 Å². The van der Waals surface area contributed by atoms with Gasteiger partial charge in [-0.05, 0) is 37.6 Å². The third kappa shape index (κ3) is 6.62. The van der Waals surface area contributed by atoms with Gasteiger partial charge >= 0.3 is 0 Å². The number of rotatable bonds is 2. The summed E-state index contributed by atoms with van der Waals surface area (Å²) in [4.78, 5) is 26.6. The third-order valence-electron chi connectivity index (χ3n) is 3.94. The number of Topliss-reactive ketones (excluding diaryl/α,β-unsaturated/α-hetero) is 1. The monoisotopic (exact) mass is 324 g/mol. The Balaban J connectivity index is 0.000000463. The summed E-state index contributed by atoms with van der Waals surface area (Å²) in [5.74, 6) is 0.332. The molecular formula is C19H36N2O2. The van der Waals surface area contributed by atoms with Gasteiger partial charge in [-0.15, -0.1) is 0 Å². The van der Waals surface area contributed by atoms with Crippen molar-refractivity contribution in [2.75, 3.05) is 13.1 Å². The van der Waals surface area contributed by atoms with Gasteiger partial charge in [0, 0.05) is 12.0 Å². The summed E-state index contributed by atoms with van der Waals surface area (Å²) in [6, 6.07) is -0.252. The first-order valence-corrected chi connectivity index (χ1v) is 8.99. The van der Waals surface area contributed by atoms with E-state index in [0.29, 0.717) is 5.41 Å². The van der Waals surface area contributed by atoms with Crippen molar-refractivity contribution in [2.24, 2.45) is 10.8 Å². The number of ketones is 1. The van der Waals surface area contributed by atoms with Crippen molar-refractivity contribution < 1.29 is 9.59 Å². The summed E-state index contributed by atoms with van der Waals surface area (Å²) in [6.45, 7) is 16.2. The maximum Gasteiger partial charge on any atom is 0.240 e. The largest absolute Gasteiger partial charge is 0.331 e. The summed E-state index contributed by atoms with van der Waals surface area (Å²) >= 11 is 0. The number of hydrogen-bond donors (Lipinski definition) is 1. The number of carbonyl (C=O) groups is 2. The number of likely N-dealkylation sites (tertiary alicyclic amines) is 1. The van der Waals surface area contributed by atoms with Crippen LogP contribution in [0.4, 0.5) is 0 Å². The molecule has 0 aliphatic carbocycles. The molecule has 0 bridgehead atoms. The summed E-state index contributed by atoms with van der Waals surface area (Å²) in [5, 5.41) is 3.23. The average molecular weight is 325 g/mol. The van der Waals surface area contributed by atoms with Gasteiger partial charge in [-0.25, -0.2) is 0 Å². The fourth-order valence-corrected chi connectivity index (χ4v) is 2.90. The second kappa shape index (κ2) is 7.78. The Hall–Kier alpha value is -0.900. The summed E-state index contributed by atoms with van der Waals surface area (Å²) < 4.78 is 0. The van der Waals surface area contributed by atoms with Gasteiger partial charge in [-0.3, -0.25) is 9.59 Å². The van der Waals surface area contributed by atoms with Crippen LogP contribution >= 0.6 is 0 Å². The zero-order valence-corrected chi connectivity index (χ0v) is 16.2. The van der Waals surface area contributed by atoms with Crippen LogP contribution in [0, 0.1) is 10.8 Å². The Kier molecular flexibility index (Phi) is 6.81. The number of carbonyl (C=O) groups excluding carboxylic acids is 2. The van der Waals surface area contributed by atoms with Crippen molar-refractivity contribution in [2.45, 2.75) is 86.2 Å². The van der Waals surface area contributed by atoms with Crippen molar-refractivity contribution in [1.82, 2.24) is 10.2 Å². The number of amides is 1. The smallest absolute Gasteiger partial charge is 0.240 e. The first-order valence-electron chi connectivity index (χ1n) is 8.99. The van der Waals surface area contributed by atoms with Crippen molar-refractivity contribution in [3.05, 3.63) is 0 Å². The van der Waals surface area contributed by atoms with Crippen LogP contribution in [0.2, 0.25) is 0 Å². The van der Waals surface area contributed by atoms with Gasteiger partial charge in [0.25, 0.3) is 0 Å². The Morgan fingerprint density at radius 2 is 1.52 bits per heavy atom. The minimum Gasteiger partial charge on any atom is -0.331 e. The highest BCUT2D eigenvalue weighted by Gasteiger charge is 2.41. The molecule has 2 heterocycles. The van der Waals surface area contributed by atoms with Crippen LogP contribution in [0.1, 0.15) is 74.1 Å². The standard InChI is InChI=1S/C14H24N2O2.C5H12/c1-14(2,3)12(17)11-7-5-9-16(11)13(18)10-6-4-8-15-10;1-5(2,3)4/h10-11,15H,4-9H2,1-3H3;1-4H3. The predicted octanol–water partition coefficient (Wildman–Crippen LogP) is 3.40. The van der Waals surface area contributed by atoms with Gasteiger partial charge in [-0.1, -0.05) is 48.5 Å². The van der Waals surface area contributed by atoms with Crippen molar-refractivity contribution in [3.8, 4) is 0 Å². The van der Waals surface area contributed by atoms with E-state index in [-0.39, 0.29) is 29.2 Å². The fourth-order valence-electron chi connectivity index (χ4n) is 2.90. The van der Waals surface area contributed by atoms with E-state index in [2.05, 4.69) is 33.0 Å². The Labute approximate surface area is 142 Å². The minimum atomic E-state index is -0.364. The average Bonchev–Trinajstić information content (AvgIpc) is 3.05. The van der Waals surface area contributed by atoms with E-state index >= 15 is 0 Å². The Morgan fingerprint density at radius 1 is 0.957 bits per heavy atom. The normalized spacial score (nSPS) is 25.1. The van der Waals surface area contributed by atoms with Crippen LogP contribution in [-0.2, 0) is 9.59 Å². The Morgan fingerprint density at radius 3 is 1.96 bits per heavy atom. The predicted molar refractivity (Wildman–Crippen MR) is 95.4 cm³/mol. The van der Waals surface area contributed by atoms with Crippen molar-refractivity contribution in [3.63, 3.8) is 0 Å². The highest BCUT2D eigenvalue weighted by atomic mass is 16.2. The highest BCUT2D eigenvalue weighted by molar-refractivity contribution is 5.94. The molecule has 2 aliphatic heterocycles. The summed E-state index contributed by atoms with van der Waals surface area (Å²) in [7, 11) is 0. The van der Waals surface area contributed by atoms with E-state index in [0.717, 1.165) is 38.8 Å². The van der Waals surface area contributed by atoms with E-state index in [1.807, 2.05) is 25.7 Å². The van der Waals surface area contributed by atoms with Gasteiger partial charge in [0.1, 0.15) is 0 Å².